The highest BCUT2D eigenvalue weighted by atomic mass is 127. The second kappa shape index (κ2) is 11.0. The van der Waals surface area contributed by atoms with Gasteiger partial charge >= 0.3 is 0 Å². The Labute approximate surface area is 183 Å². The van der Waals surface area contributed by atoms with E-state index in [2.05, 4.69) is 56.7 Å². The molecule has 1 amide bonds. The number of rotatable bonds is 5. The van der Waals surface area contributed by atoms with Crippen LogP contribution < -0.4 is 10.6 Å². The van der Waals surface area contributed by atoms with Crippen LogP contribution in [-0.2, 0) is 17.8 Å². The molecule has 0 bridgehead atoms. The van der Waals surface area contributed by atoms with Crippen molar-refractivity contribution in [2.45, 2.75) is 33.2 Å². The zero-order valence-electron chi connectivity index (χ0n) is 16.4. The molecule has 2 N–H and O–H groups in total. The van der Waals surface area contributed by atoms with Gasteiger partial charge in [0.2, 0.25) is 5.91 Å². The van der Waals surface area contributed by atoms with Crippen molar-refractivity contribution < 1.29 is 4.79 Å². The van der Waals surface area contributed by atoms with Crippen LogP contribution in [0, 0.1) is 6.92 Å². The standard InChI is InChI=1S/C21H27N5O.HI/c1-3-22-21(26-14-12-17-8-4-5-9-18(17)15-26)23-13-11-20(27)25-19-10-6-7-16(2)24-19;/h4-10H,3,11-15H2,1-2H3,(H,22,23)(H,24,25,27);1H. The van der Waals surface area contributed by atoms with Gasteiger partial charge in [-0.25, -0.2) is 4.98 Å². The van der Waals surface area contributed by atoms with E-state index in [0.29, 0.717) is 18.8 Å². The van der Waals surface area contributed by atoms with Crippen LogP contribution in [0.1, 0.15) is 30.2 Å². The van der Waals surface area contributed by atoms with Crippen LogP contribution in [0.25, 0.3) is 0 Å². The number of aliphatic imine (C=N–C) groups is 1. The molecule has 0 aliphatic carbocycles. The highest BCUT2D eigenvalue weighted by Gasteiger charge is 2.18. The second-order valence-electron chi connectivity index (χ2n) is 6.64. The molecule has 28 heavy (non-hydrogen) atoms. The van der Waals surface area contributed by atoms with Crippen LogP contribution in [0.2, 0.25) is 0 Å². The van der Waals surface area contributed by atoms with E-state index in [4.69, 9.17) is 0 Å². The van der Waals surface area contributed by atoms with Gasteiger partial charge in [0, 0.05) is 31.7 Å². The van der Waals surface area contributed by atoms with Crippen molar-refractivity contribution in [1.29, 1.82) is 0 Å². The van der Waals surface area contributed by atoms with E-state index >= 15 is 0 Å². The summed E-state index contributed by atoms with van der Waals surface area (Å²) in [5.41, 5.74) is 3.64. The number of carbonyl (C=O) groups excluding carboxylic acids is 1. The SMILES string of the molecule is CCNC(=NCCC(=O)Nc1cccc(C)n1)N1CCc2ccccc2C1.I. The van der Waals surface area contributed by atoms with Crippen LogP contribution in [0.3, 0.4) is 0 Å². The zero-order chi connectivity index (χ0) is 19.1. The number of fused-ring (bicyclic) bond motifs is 1. The van der Waals surface area contributed by atoms with Crippen LogP contribution in [0.4, 0.5) is 5.82 Å². The first kappa shape index (κ1) is 22.1. The molecule has 0 fully saturated rings. The van der Waals surface area contributed by atoms with Gasteiger partial charge in [-0.3, -0.25) is 9.79 Å². The van der Waals surface area contributed by atoms with E-state index < -0.39 is 0 Å². The molecule has 6 nitrogen and oxygen atoms in total. The lowest BCUT2D eigenvalue weighted by Crippen LogP contribution is -2.44. The molecule has 0 unspecified atom stereocenters. The lowest BCUT2D eigenvalue weighted by molar-refractivity contribution is -0.116. The van der Waals surface area contributed by atoms with Gasteiger partial charge in [0.25, 0.3) is 0 Å². The van der Waals surface area contributed by atoms with Gasteiger partial charge < -0.3 is 15.5 Å². The maximum Gasteiger partial charge on any atom is 0.227 e. The molecule has 0 saturated carbocycles. The molecule has 2 aromatic rings. The fourth-order valence-electron chi connectivity index (χ4n) is 3.18. The quantitative estimate of drug-likeness (QED) is 0.381. The Hall–Kier alpha value is -2.16. The van der Waals surface area contributed by atoms with Crippen LogP contribution in [-0.4, -0.2) is 41.4 Å². The number of hydrogen-bond donors (Lipinski definition) is 2. The number of aryl methyl sites for hydroxylation is 1. The molecule has 1 aliphatic rings. The highest BCUT2D eigenvalue weighted by Crippen LogP contribution is 2.18. The van der Waals surface area contributed by atoms with E-state index in [0.717, 1.165) is 37.7 Å². The van der Waals surface area contributed by atoms with E-state index in [-0.39, 0.29) is 29.9 Å². The summed E-state index contributed by atoms with van der Waals surface area (Å²) >= 11 is 0. The molecule has 3 rings (SSSR count). The van der Waals surface area contributed by atoms with Crippen molar-refractivity contribution in [3.05, 3.63) is 59.3 Å². The summed E-state index contributed by atoms with van der Waals surface area (Å²) in [6.45, 7) is 6.99. The van der Waals surface area contributed by atoms with E-state index in [1.807, 2.05) is 19.1 Å². The molecule has 150 valence electrons. The second-order valence-corrected chi connectivity index (χ2v) is 6.64. The van der Waals surface area contributed by atoms with Crippen LogP contribution in [0.15, 0.2) is 47.5 Å². The maximum atomic E-state index is 12.1. The number of aromatic nitrogens is 1. The van der Waals surface area contributed by atoms with Gasteiger partial charge in [0.15, 0.2) is 5.96 Å². The summed E-state index contributed by atoms with van der Waals surface area (Å²) < 4.78 is 0. The molecule has 7 heteroatoms. The number of nitrogens with one attached hydrogen (secondary N) is 2. The molecule has 0 saturated heterocycles. The van der Waals surface area contributed by atoms with Gasteiger partial charge in [0.05, 0.1) is 6.54 Å². The van der Waals surface area contributed by atoms with Crippen molar-refractivity contribution in [3.8, 4) is 0 Å². The number of halogens is 1. The molecule has 1 aromatic carbocycles. The first-order valence-corrected chi connectivity index (χ1v) is 9.49. The van der Waals surface area contributed by atoms with Gasteiger partial charge in [-0.05, 0) is 43.5 Å². The Bertz CT molecular complexity index is 824. The highest BCUT2D eigenvalue weighted by molar-refractivity contribution is 14.0. The number of amides is 1. The average Bonchev–Trinajstić information content (AvgIpc) is 2.67. The molecule has 2 heterocycles. The monoisotopic (exact) mass is 493 g/mol. The first-order valence-electron chi connectivity index (χ1n) is 9.49. The lowest BCUT2D eigenvalue weighted by Gasteiger charge is -2.31. The average molecular weight is 493 g/mol. The zero-order valence-corrected chi connectivity index (χ0v) is 18.8. The van der Waals surface area contributed by atoms with E-state index in [9.17, 15) is 4.79 Å². The number of nitrogens with zero attached hydrogens (tertiary/aromatic N) is 3. The van der Waals surface area contributed by atoms with Gasteiger partial charge in [0.1, 0.15) is 5.82 Å². The van der Waals surface area contributed by atoms with E-state index in [1.54, 1.807) is 6.07 Å². The minimum atomic E-state index is -0.0725. The Kier molecular flexibility index (Phi) is 8.69. The maximum absolute atomic E-state index is 12.1. The van der Waals surface area contributed by atoms with Crippen molar-refractivity contribution in [3.63, 3.8) is 0 Å². The Morgan fingerprint density at radius 1 is 1.18 bits per heavy atom. The Morgan fingerprint density at radius 3 is 2.71 bits per heavy atom. The predicted molar refractivity (Wildman–Crippen MR) is 124 cm³/mol. The summed E-state index contributed by atoms with van der Waals surface area (Å²) in [5, 5.41) is 6.17. The molecular formula is C21H28IN5O. The topological polar surface area (TPSA) is 69.6 Å². The molecule has 1 aromatic heterocycles. The first-order chi connectivity index (χ1) is 13.2. The Balaban J connectivity index is 0.00000280. The molecule has 0 spiro atoms. The fraction of sp³-hybridized carbons (Fsp3) is 0.381. The third kappa shape index (κ3) is 6.19. The largest absolute Gasteiger partial charge is 0.357 e. The number of benzene rings is 1. The summed E-state index contributed by atoms with van der Waals surface area (Å²) in [4.78, 5) is 23.4. The molecular weight excluding hydrogens is 465 g/mol. The minimum Gasteiger partial charge on any atom is -0.357 e. The minimum absolute atomic E-state index is 0. The lowest BCUT2D eigenvalue weighted by atomic mass is 10.0. The van der Waals surface area contributed by atoms with Crippen molar-refractivity contribution >= 4 is 41.7 Å². The smallest absolute Gasteiger partial charge is 0.227 e. The third-order valence-corrected chi connectivity index (χ3v) is 4.52. The van der Waals surface area contributed by atoms with Crippen LogP contribution in [0.5, 0.6) is 0 Å². The predicted octanol–water partition coefficient (Wildman–Crippen LogP) is 3.36. The summed E-state index contributed by atoms with van der Waals surface area (Å²) in [7, 11) is 0. The van der Waals surface area contributed by atoms with Crippen LogP contribution >= 0.6 is 24.0 Å². The van der Waals surface area contributed by atoms with E-state index in [1.165, 1.54) is 11.1 Å². The third-order valence-electron chi connectivity index (χ3n) is 4.52. The number of pyridine rings is 1. The van der Waals surface area contributed by atoms with Gasteiger partial charge in [-0.15, -0.1) is 24.0 Å². The molecule has 1 aliphatic heterocycles. The van der Waals surface area contributed by atoms with Crippen molar-refractivity contribution in [1.82, 2.24) is 15.2 Å². The number of hydrogen-bond acceptors (Lipinski definition) is 3. The normalized spacial score (nSPS) is 13.4. The fourth-order valence-corrected chi connectivity index (χ4v) is 3.18. The summed E-state index contributed by atoms with van der Waals surface area (Å²) in [6, 6.07) is 14.1. The number of anilines is 1. The van der Waals surface area contributed by atoms with Gasteiger partial charge in [-0.1, -0.05) is 30.3 Å². The van der Waals surface area contributed by atoms with Crippen molar-refractivity contribution in [2.24, 2.45) is 4.99 Å². The Morgan fingerprint density at radius 2 is 1.96 bits per heavy atom. The summed E-state index contributed by atoms with van der Waals surface area (Å²) in [5.74, 6) is 1.38. The molecule has 0 radical (unpaired) electrons. The molecule has 0 atom stereocenters. The van der Waals surface area contributed by atoms with Gasteiger partial charge in [-0.2, -0.15) is 0 Å². The van der Waals surface area contributed by atoms with Crippen molar-refractivity contribution in [2.75, 3.05) is 25.0 Å². The summed E-state index contributed by atoms with van der Waals surface area (Å²) in [6.07, 6.45) is 1.34. The number of guanidine groups is 1. The number of carbonyl (C=O) groups is 1.